The number of benzene rings is 2. The van der Waals surface area contributed by atoms with Gasteiger partial charge < -0.3 is 10.1 Å². The van der Waals surface area contributed by atoms with Crippen molar-refractivity contribution >= 4 is 28.2 Å². The van der Waals surface area contributed by atoms with Crippen molar-refractivity contribution in [2.75, 3.05) is 12.4 Å². The molecule has 0 aliphatic carbocycles. The van der Waals surface area contributed by atoms with E-state index in [1.165, 1.54) is 25.3 Å². The van der Waals surface area contributed by atoms with E-state index in [1.807, 2.05) is 6.07 Å². The van der Waals surface area contributed by atoms with Crippen LogP contribution in [-0.2, 0) is 16.0 Å². The van der Waals surface area contributed by atoms with Crippen LogP contribution in [0.1, 0.15) is 11.3 Å². The summed E-state index contributed by atoms with van der Waals surface area (Å²) >= 11 is 0. The first-order valence-electron chi connectivity index (χ1n) is 7.67. The molecule has 25 heavy (non-hydrogen) atoms. The number of hydrogen-bond donors (Lipinski definition) is 1. The molecule has 0 fully saturated rings. The quantitative estimate of drug-likeness (QED) is 0.719. The SMILES string of the molecule is COC(=O)Cc1c(C)nc2ccccc2c1Nc1c(F)cccc1F. The second-order valence-corrected chi connectivity index (χ2v) is 5.54. The Bertz CT molecular complexity index is 937. The number of methoxy groups -OCH3 is 1. The van der Waals surface area contributed by atoms with E-state index in [0.717, 1.165) is 0 Å². The Labute approximate surface area is 143 Å². The van der Waals surface area contributed by atoms with Crippen LogP contribution in [0.4, 0.5) is 20.2 Å². The van der Waals surface area contributed by atoms with Crippen LogP contribution in [0.15, 0.2) is 42.5 Å². The fourth-order valence-electron chi connectivity index (χ4n) is 2.69. The summed E-state index contributed by atoms with van der Waals surface area (Å²) in [6.45, 7) is 1.74. The molecule has 1 aromatic heterocycles. The van der Waals surface area contributed by atoms with E-state index in [4.69, 9.17) is 4.74 Å². The number of carbonyl (C=O) groups is 1. The molecular formula is C19H16F2N2O2. The number of hydrogen-bond acceptors (Lipinski definition) is 4. The summed E-state index contributed by atoms with van der Waals surface area (Å²) in [7, 11) is 1.29. The highest BCUT2D eigenvalue weighted by molar-refractivity contribution is 5.96. The first-order chi connectivity index (χ1) is 12.0. The second kappa shape index (κ2) is 6.84. The minimum atomic E-state index is -0.720. The fraction of sp³-hybridized carbons (Fsp3) is 0.158. The number of carbonyl (C=O) groups excluding carboxylic acids is 1. The van der Waals surface area contributed by atoms with Gasteiger partial charge in [0, 0.05) is 16.6 Å². The molecular weight excluding hydrogens is 326 g/mol. The molecule has 0 aliphatic rings. The topological polar surface area (TPSA) is 51.2 Å². The number of pyridine rings is 1. The van der Waals surface area contributed by atoms with E-state index >= 15 is 0 Å². The normalized spacial score (nSPS) is 10.7. The number of esters is 1. The molecule has 0 saturated carbocycles. The number of rotatable bonds is 4. The van der Waals surface area contributed by atoms with Gasteiger partial charge >= 0.3 is 5.97 Å². The number of halogens is 2. The fourth-order valence-corrected chi connectivity index (χ4v) is 2.69. The van der Waals surface area contributed by atoms with Crippen LogP contribution in [0.5, 0.6) is 0 Å². The molecule has 128 valence electrons. The van der Waals surface area contributed by atoms with Crippen LogP contribution in [0.2, 0.25) is 0 Å². The second-order valence-electron chi connectivity index (χ2n) is 5.54. The zero-order chi connectivity index (χ0) is 18.0. The molecule has 0 amide bonds. The molecule has 0 spiro atoms. The number of ether oxygens (including phenoxy) is 1. The zero-order valence-corrected chi connectivity index (χ0v) is 13.8. The van der Waals surface area contributed by atoms with Gasteiger partial charge in [-0.05, 0) is 25.1 Å². The molecule has 6 heteroatoms. The van der Waals surface area contributed by atoms with Gasteiger partial charge in [-0.15, -0.1) is 0 Å². The molecule has 2 aromatic carbocycles. The van der Waals surface area contributed by atoms with Crippen molar-refractivity contribution in [3.63, 3.8) is 0 Å². The van der Waals surface area contributed by atoms with Gasteiger partial charge in [0.2, 0.25) is 0 Å². The van der Waals surface area contributed by atoms with Crippen molar-refractivity contribution in [2.45, 2.75) is 13.3 Å². The minimum Gasteiger partial charge on any atom is -0.469 e. The zero-order valence-electron chi connectivity index (χ0n) is 13.8. The molecule has 0 atom stereocenters. The van der Waals surface area contributed by atoms with Gasteiger partial charge in [-0.3, -0.25) is 9.78 Å². The van der Waals surface area contributed by atoms with Gasteiger partial charge in [0.25, 0.3) is 0 Å². The summed E-state index contributed by atoms with van der Waals surface area (Å²) in [6.07, 6.45) is -0.0570. The maximum Gasteiger partial charge on any atom is 0.310 e. The minimum absolute atomic E-state index is 0.0570. The van der Waals surface area contributed by atoms with Crippen molar-refractivity contribution in [3.05, 3.63) is 65.4 Å². The summed E-state index contributed by atoms with van der Waals surface area (Å²) in [5, 5.41) is 3.49. The van der Waals surface area contributed by atoms with E-state index < -0.39 is 17.6 Å². The maximum absolute atomic E-state index is 14.1. The highest BCUT2D eigenvalue weighted by atomic mass is 19.1. The number of anilines is 2. The van der Waals surface area contributed by atoms with Crippen LogP contribution < -0.4 is 5.32 Å². The third-order valence-electron chi connectivity index (χ3n) is 3.96. The Morgan fingerprint density at radius 3 is 2.44 bits per heavy atom. The highest BCUT2D eigenvalue weighted by Gasteiger charge is 2.18. The van der Waals surface area contributed by atoms with Crippen LogP contribution >= 0.6 is 0 Å². The van der Waals surface area contributed by atoms with Gasteiger partial charge in [-0.1, -0.05) is 24.3 Å². The van der Waals surface area contributed by atoms with Gasteiger partial charge in [-0.25, -0.2) is 8.78 Å². The Hall–Kier alpha value is -3.02. The van der Waals surface area contributed by atoms with E-state index in [1.54, 1.807) is 25.1 Å². The molecule has 0 bridgehead atoms. The number of nitrogens with one attached hydrogen (secondary N) is 1. The van der Waals surface area contributed by atoms with E-state index in [0.29, 0.717) is 27.8 Å². The average Bonchev–Trinajstić information content (AvgIpc) is 2.60. The smallest absolute Gasteiger partial charge is 0.310 e. The Kier molecular flexibility index (Phi) is 4.61. The monoisotopic (exact) mass is 342 g/mol. The lowest BCUT2D eigenvalue weighted by Crippen LogP contribution is -2.11. The predicted octanol–water partition coefficient (Wildman–Crippen LogP) is 4.28. The molecule has 0 unspecified atom stereocenters. The first-order valence-corrected chi connectivity index (χ1v) is 7.67. The summed E-state index contributed by atoms with van der Waals surface area (Å²) in [6, 6.07) is 10.8. The maximum atomic E-state index is 14.1. The molecule has 1 N–H and O–H groups in total. The molecule has 0 aliphatic heterocycles. The molecule has 0 saturated heterocycles. The van der Waals surface area contributed by atoms with Crippen molar-refractivity contribution in [3.8, 4) is 0 Å². The van der Waals surface area contributed by atoms with E-state index in [2.05, 4.69) is 10.3 Å². The lowest BCUT2D eigenvalue weighted by molar-refractivity contribution is -0.139. The van der Waals surface area contributed by atoms with Crippen molar-refractivity contribution in [1.29, 1.82) is 0 Å². The molecule has 1 heterocycles. The van der Waals surface area contributed by atoms with Gasteiger partial charge in [0.05, 0.1) is 24.7 Å². The lowest BCUT2D eigenvalue weighted by atomic mass is 10.0. The van der Waals surface area contributed by atoms with Crippen LogP contribution in [0.3, 0.4) is 0 Å². The number of fused-ring (bicyclic) bond motifs is 1. The van der Waals surface area contributed by atoms with Crippen LogP contribution in [-0.4, -0.2) is 18.1 Å². The third-order valence-corrected chi connectivity index (χ3v) is 3.96. The van der Waals surface area contributed by atoms with Crippen LogP contribution in [0, 0.1) is 18.6 Å². The van der Waals surface area contributed by atoms with Crippen LogP contribution in [0.25, 0.3) is 10.9 Å². The highest BCUT2D eigenvalue weighted by Crippen LogP contribution is 2.33. The van der Waals surface area contributed by atoms with Crippen molar-refractivity contribution < 1.29 is 18.3 Å². The standard InChI is InChI=1S/C19H16F2N2O2/c1-11-13(10-17(24)25-2)18(12-6-3-4-9-16(12)22-11)23-19-14(20)7-5-8-15(19)21/h3-9H,10H2,1-2H3,(H,22,23). The third kappa shape index (κ3) is 3.28. The molecule has 0 radical (unpaired) electrons. The van der Waals surface area contributed by atoms with Gasteiger partial charge in [-0.2, -0.15) is 0 Å². The summed E-state index contributed by atoms with van der Waals surface area (Å²) in [5.74, 6) is -1.90. The first kappa shape index (κ1) is 16.8. The van der Waals surface area contributed by atoms with Gasteiger partial charge in [0.1, 0.15) is 17.3 Å². The van der Waals surface area contributed by atoms with Gasteiger partial charge in [0.15, 0.2) is 0 Å². The number of aryl methyl sites for hydroxylation is 1. The van der Waals surface area contributed by atoms with Crippen molar-refractivity contribution in [2.24, 2.45) is 0 Å². The molecule has 4 nitrogen and oxygen atoms in total. The molecule has 3 aromatic rings. The summed E-state index contributed by atoms with van der Waals surface area (Å²) in [4.78, 5) is 16.3. The summed E-state index contributed by atoms with van der Waals surface area (Å²) < 4.78 is 32.9. The van der Waals surface area contributed by atoms with E-state index in [9.17, 15) is 13.6 Å². The number of nitrogens with zero attached hydrogens (tertiary/aromatic N) is 1. The number of aromatic nitrogens is 1. The Morgan fingerprint density at radius 1 is 1.08 bits per heavy atom. The van der Waals surface area contributed by atoms with Crippen molar-refractivity contribution in [1.82, 2.24) is 4.98 Å². The predicted molar refractivity (Wildman–Crippen MR) is 91.8 cm³/mol. The Morgan fingerprint density at radius 2 is 1.76 bits per heavy atom. The van der Waals surface area contributed by atoms with E-state index in [-0.39, 0.29) is 12.1 Å². The largest absolute Gasteiger partial charge is 0.469 e. The summed E-state index contributed by atoms with van der Waals surface area (Å²) in [5.41, 5.74) is 1.95. The lowest BCUT2D eigenvalue weighted by Gasteiger charge is -2.17. The molecule has 3 rings (SSSR count). The Balaban J connectivity index is 2.23. The number of para-hydroxylation sites is 2. The average molecular weight is 342 g/mol.